The van der Waals surface area contributed by atoms with Crippen molar-refractivity contribution in [3.8, 4) is 0 Å². The van der Waals surface area contributed by atoms with Gasteiger partial charge in [0.2, 0.25) is 5.91 Å². The van der Waals surface area contributed by atoms with E-state index in [1.807, 2.05) is 13.0 Å². The molecular formula is C26H34N6O4S. The average molecular weight is 527 g/mol. The van der Waals surface area contributed by atoms with Gasteiger partial charge in [0.1, 0.15) is 21.5 Å². The second-order valence-electron chi connectivity index (χ2n) is 8.73. The Morgan fingerprint density at radius 3 is 2.41 bits per heavy atom. The lowest BCUT2D eigenvalue weighted by Crippen LogP contribution is -2.40. The molecule has 0 fully saturated rings. The first-order valence-electron chi connectivity index (χ1n) is 12.6. The summed E-state index contributed by atoms with van der Waals surface area (Å²) in [6.45, 7) is 4.47. The molecule has 3 amide bonds. The minimum atomic E-state index is -0.874. The summed E-state index contributed by atoms with van der Waals surface area (Å²) in [6.07, 6.45) is 5.31. The number of rotatable bonds is 11. The van der Waals surface area contributed by atoms with E-state index in [0.717, 1.165) is 42.0 Å². The first-order valence-corrected chi connectivity index (χ1v) is 13.4. The Morgan fingerprint density at radius 2 is 1.76 bits per heavy atom. The molecule has 10 nitrogen and oxygen atoms in total. The molecule has 0 saturated heterocycles. The molecule has 0 radical (unpaired) electrons. The van der Waals surface area contributed by atoms with Crippen LogP contribution < -0.4 is 21.9 Å². The Labute approximate surface area is 219 Å². The van der Waals surface area contributed by atoms with Crippen molar-refractivity contribution < 1.29 is 9.59 Å². The van der Waals surface area contributed by atoms with E-state index >= 15 is 0 Å². The number of carbonyl (C=O) groups excluding carboxylic acids is 2. The molecule has 0 aliphatic carbocycles. The summed E-state index contributed by atoms with van der Waals surface area (Å²) in [7, 11) is 2.85. The van der Waals surface area contributed by atoms with Gasteiger partial charge in [-0.05, 0) is 18.4 Å². The molecule has 3 rings (SSSR count). The van der Waals surface area contributed by atoms with E-state index in [9.17, 15) is 19.2 Å². The minimum absolute atomic E-state index is 0.187. The normalized spacial score (nSPS) is 11.9. The van der Waals surface area contributed by atoms with Crippen molar-refractivity contribution >= 4 is 34.7 Å². The number of urea groups is 1. The summed E-state index contributed by atoms with van der Waals surface area (Å²) in [6, 6.07) is 8.34. The Balaban J connectivity index is 2.21. The van der Waals surface area contributed by atoms with Crippen LogP contribution in [0, 0.1) is 0 Å². The number of imide groups is 1. The third-order valence-electron chi connectivity index (χ3n) is 5.93. The van der Waals surface area contributed by atoms with Gasteiger partial charge >= 0.3 is 11.7 Å². The molecule has 0 bridgehead atoms. The van der Waals surface area contributed by atoms with Gasteiger partial charge in [-0.2, -0.15) is 0 Å². The van der Waals surface area contributed by atoms with Gasteiger partial charge in [0.15, 0.2) is 5.65 Å². The number of nitrogens with one attached hydrogen (secondary N) is 2. The number of aromatic nitrogens is 4. The number of nitrogens with zero attached hydrogens (tertiary/aromatic N) is 4. The number of hydrogen-bond donors (Lipinski definition) is 2. The number of aryl methyl sites for hydroxylation is 2. The van der Waals surface area contributed by atoms with Gasteiger partial charge in [0.05, 0.1) is 0 Å². The second kappa shape index (κ2) is 13.2. The van der Waals surface area contributed by atoms with E-state index in [4.69, 9.17) is 4.98 Å². The highest BCUT2D eigenvalue weighted by atomic mass is 32.2. The van der Waals surface area contributed by atoms with E-state index in [0.29, 0.717) is 35.8 Å². The van der Waals surface area contributed by atoms with Crippen molar-refractivity contribution in [3.63, 3.8) is 0 Å². The van der Waals surface area contributed by atoms with Crippen LogP contribution in [0.25, 0.3) is 11.0 Å². The van der Waals surface area contributed by atoms with Crippen molar-refractivity contribution in [1.82, 2.24) is 29.7 Å². The highest BCUT2D eigenvalue weighted by Crippen LogP contribution is 2.37. The topological polar surface area (TPSA) is 128 Å². The number of hydrogen-bond acceptors (Lipinski definition) is 7. The fourth-order valence-electron chi connectivity index (χ4n) is 3.97. The molecule has 2 heterocycles. The highest BCUT2D eigenvalue weighted by molar-refractivity contribution is 8.00. The molecule has 11 heteroatoms. The van der Waals surface area contributed by atoms with E-state index in [2.05, 4.69) is 22.5 Å². The number of fused-ring (bicyclic) bond motifs is 1. The van der Waals surface area contributed by atoms with E-state index in [1.54, 1.807) is 24.3 Å². The quantitative estimate of drug-likeness (QED) is 0.223. The van der Waals surface area contributed by atoms with Gasteiger partial charge in [-0.15, -0.1) is 0 Å². The van der Waals surface area contributed by atoms with E-state index in [1.165, 1.54) is 18.7 Å². The Kier molecular flexibility index (Phi) is 10.0. The SMILES string of the molecule is CCCCCCc1nc(S[C@H](C(=O)NC(=O)NC)c2ccccc2)c2c(=O)n(C)c(=O)n(CCC)c2n1. The third kappa shape index (κ3) is 6.65. The van der Waals surface area contributed by atoms with Crippen molar-refractivity contribution in [2.24, 2.45) is 7.05 Å². The smallest absolute Gasteiger partial charge is 0.332 e. The minimum Gasteiger partial charge on any atom is -0.341 e. The van der Waals surface area contributed by atoms with Crippen LogP contribution in [0.3, 0.4) is 0 Å². The van der Waals surface area contributed by atoms with Crippen LogP contribution in [-0.2, 0) is 24.8 Å². The van der Waals surface area contributed by atoms with Gasteiger partial charge in [0, 0.05) is 27.1 Å². The molecule has 198 valence electrons. The summed E-state index contributed by atoms with van der Waals surface area (Å²) in [5, 5.41) is 4.34. The van der Waals surface area contributed by atoms with Gasteiger partial charge < -0.3 is 5.32 Å². The number of thioether (sulfide) groups is 1. The number of carbonyl (C=O) groups is 2. The maximum atomic E-state index is 13.3. The number of unbranched alkanes of at least 4 members (excludes halogenated alkanes) is 3. The molecule has 0 spiro atoms. The lowest BCUT2D eigenvalue weighted by atomic mass is 10.1. The van der Waals surface area contributed by atoms with Crippen LogP contribution in [0.1, 0.15) is 62.6 Å². The Bertz CT molecular complexity index is 1370. The molecular weight excluding hydrogens is 492 g/mol. The summed E-state index contributed by atoms with van der Waals surface area (Å²) in [5.74, 6) is -0.0346. The number of benzene rings is 1. The largest absolute Gasteiger partial charge is 0.341 e. The monoisotopic (exact) mass is 526 g/mol. The zero-order valence-corrected chi connectivity index (χ0v) is 22.6. The standard InChI is InChI=1S/C26H34N6O4S/c1-5-7-8-12-15-18-28-21-19(24(34)31(4)26(36)32(21)16-6-2)23(29-18)37-20(17-13-10-9-11-14-17)22(33)30-25(35)27-3/h9-11,13-14,20H,5-8,12,15-16H2,1-4H3,(H2,27,30,33,35)/t20-/m0/s1. The zero-order chi connectivity index (χ0) is 26.9. The van der Waals surface area contributed by atoms with Crippen molar-refractivity contribution in [2.75, 3.05) is 7.05 Å². The van der Waals surface area contributed by atoms with Crippen LogP contribution in [0.5, 0.6) is 0 Å². The predicted octanol–water partition coefficient (Wildman–Crippen LogP) is 3.31. The highest BCUT2D eigenvalue weighted by Gasteiger charge is 2.27. The molecule has 0 aliphatic rings. The predicted molar refractivity (Wildman–Crippen MR) is 145 cm³/mol. The molecule has 0 unspecified atom stereocenters. The van der Waals surface area contributed by atoms with E-state index in [-0.39, 0.29) is 11.0 Å². The number of amides is 3. The first kappa shape index (κ1) is 28.1. The van der Waals surface area contributed by atoms with Crippen LogP contribution in [0.15, 0.2) is 44.9 Å². The van der Waals surface area contributed by atoms with Crippen molar-refractivity contribution in [1.29, 1.82) is 0 Å². The molecule has 0 aliphatic heterocycles. The van der Waals surface area contributed by atoms with E-state index < -0.39 is 28.4 Å². The maximum absolute atomic E-state index is 13.3. The fourth-order valence-corrected chi connectivity index (χ4v) is 5.10. The van der Waals surface area contributed by atoms with Crippen molar-refractivity contribution in [3.05, 3.63) is 62.6 Å². The van der Waals surface area contributed by atoms with Crippen LogP contribution in [0.2, 0.25) is 0 Å². The van der Waals surface area contributed by atoms with Gasteiger partial charge in [-0.1, -0.05) is 75.2 Å². The average Bonchev–Trinajstić information content (AvgIpc) is 2.90. The molecule has 2 aromatic heterocycles. The summed E-state index contributed by atoms with van der Waals surface area (Å²) in [4.78, 5) is 60.8. The molecule has 37 heavy (non-hydrogen) atoms. The molecule has 1 aromatic carbocycles. The van der Waals surface area contributed by atoms with Gasteiger partial charge in [-0.25, -0.2) is 19.6 Å². The summed E-state index contributed by atoms with van der Waals surface area (Å²) >= 11 is 1.07. The van der Waals surface area contributed by atoms with Crippen molar-refractivity contribution in [2.45, 2.75) is 69.2 Å². The molecule has 0 saturated carbocycles. The lowest BCUT2D eigenvalue weighted by Gasteiger charge is -2.18. The Morgan fingerprint density at radius 1 is 1.03 bits per heavy atom. The zero-order valence-electron chi connectivity index (χ0n) is 21.7. The third-order valence-corrected chi connectivity index (χ3v) is 7.17. The van der Waals surface area contributed by atoms with Gasteiger partial charge in [-0.3, -0.25) is 24.0 Å². The van der Waals surface area contributed by atoms with Crippen LogP contribution in [-0.4, -0.2) is 38.1 Å². The molecule has 1 atom stereocenters. The fraction of sp³-hybridized carbons (Fsp3) is 0.462. The van der Waals surface area contributed by atoms with Crippen LogP contribution in [0.4, 0.5) is 4.79 Å². The van der Waals surface area contributed by atoms with Crippen LogP contribution >= 0.6 is 11.8 Å². The van der Waals surface area contributed by atoms with Gasteiger partial charge in [0.25, 0.3) is 5.56 Å². The molecule has 2 N–H and O–H groups in total. The summed E-state index contributed by atoms with van der Waals surface area (Å²) < 4.78 is 2.55. The summed E-state index contributed by atoms with van der Waals surface area (Å²) in [5.41, 5.74) is -0.0471. The lowest BCUT2D eigenvalue weighted by molar-refractivity contribution is -0.119. The first-order chi connectivity index (χ1) is 17.8. The maximum Gasteiger partial charge on any atom is 0.332 e. The Hall–Kier alpha value is -3.47. The molecule has 3 aromatic rings. The second-order valence-corrected chi connectivity index (χ2v) is 9.82.